The first-order chi connectivity index (χ1) is 6.92. The molecule has 0 radical (unpaired) electrons. The summed E-state index contributed by atoms with van der Waals surface area (Å²) in [6.45, 7) is 5.50. The lowest BCUT2D eigenvalue weighted by molar-refractivity contribution is 0.0288. The van der Waals surface area contributed by atoms with E-state index in [0.29, 0.717) is 0 Å². The van der Waals surface area contributed by atoms with Gasteiger partial charge in [-0.2, -0.15) is 0 Å². The molecule has 1 aliphatic heterocycles. The smallest absolute Gasteiger partial charge is 0.0594 e. The Balaban J connectivity index is 1.54. The number of rotatable bonds is 2. The van der Waals surface area contributed by atoms with Gasteiger partial charge in [0.15, 0.2) is 0 Å². The van der Waals surface area contributed by atoms with Crippen molar-refractivity contribution >= 4 is 0 Å². The average molecular weight is 193 g/mol. The standard InChI is InChI=1S/C12H19NO/c1-2-11-7-10(1)8-12(11)9-13-3-5-14-6-4-13/h1-2,10-12H,3-9H2/t10-,11+,12-/m1/s1. The van der Waals surface area contributed by atoms with Crippen LogP contribution in [0.25, 0.3) is 0 Å². The van der Waals surface area contributed by atoms with Crippen LogP contribution in [0.15, 0.2) is 12.2 Å². The Kier molecular flexibility index (Phi) is 2.34. The predicted octanol–water partition coefficient (Wildman–Crippen LogP) is 1.53. The lowest BCUT2D eigenvalue weighted by Crippen LogP contribution is -2.40. The van der Waals surface area contributed by atoms with E-state index in [9.17, 15) is 0 Å². The van der Waals surface area contributed by atoms with Gasteiger partial charge < -0.3 is 4.74 Å². The third kappa shape index (κ3) is 1.61. The molecule has 3 aliphatic rings. The van der Waals surface area contributed by atoms with Gasteiger partial charge in [-0.15, -0.1) is 0 Å². The van der Waals surface area contributed by atoms with E-state index in [1.165, 1.54) is 19.4 Å². The lowest BCUT2D eigenvalue weighted by Gasteiger charge is -2.31. The van der Waals surface area contributed by atoms with E-state index in [4.69, 9.17) is 4.74 Å². The Labute approximate surface area is 85.9 Å². The molecule has 0 N–H and O–H groups in total. The highest BCUT2D eigenvalue weighted by atomic mass is 16.5. The van der Waals surface area contributed by atoms with Gasteiger partial charge >= 0.3 is 0 Å². The minimum absolute atomic E-state index is 0.905. The molecule has 78 valence electrons. The van der Waals surface area contributed by atoms with Crippen LogP contribution in [0.3, 0.4) is 0 Å². The van der Waals surface area contributed by atoms with Gasteiger partial charge in [0.1, 0.15) is 0 Å². The summed E-state index contributed by atoms with van der Waals surface area (Å²) in [6, 6.07) is 0. The topological polar surface area (TPSA) is 12.5 Å². The summed E-state index contributed by atoms with van der Waals surface area (Å²) >= 11 is 0. The molecule has 2 aliphatic carbocycles. The molecule has 0 aromatic rings. The number of fused-ring (bicyclic) bond motifs is 2. The number of ether oxygens (including phenoxy) is 1. The van der Waals surface area contributed by atoms with Gasteiger partial charge in [-0.05, 0) is 30.6 Å². The highest BCUT2D eigenvalue weighted by Gasteiger charge is 2.36. The molecular weight excluding hydrogens is 174 g/mol. The molecule has 2 fully saturated rings. The van der Waals surface area contributed by atoms with Crippen LogP contribution in [0.2, 0.25) is 0 Å². The van der Waals surface area contributed by atoms with Crippen molar-refractivity contribution in [2.24, 2.45) is 17.8 Å². The minimum atomic E-state index is 0.905. The zero-order chi connectivity index (χ0) is 9.38. The van der Waals surface area contributed by atoms with Crippen LogP contribution in [-0.2, 0) is 4.74 Å². The fraction of sp³-hybridized carbons (Fsp3) is 0.833. The van der Waals surface area contributed by atoms with Crippen LogP contribution in [0.5, 0.6) is 0 Å². The van der Waals surface area contributed by atoms with E-state index in [0.717, 1.165) is 44.1 Å². The zero-order valence-electron chi connectivity index (χ0n) is 8.69. The number of allylic oxidation sites excluding steroid dienone is 2. The largest absolute Gasteiger partial charge is 0.379 e. The molecule has 0 aromatic heterocycles. The summed E-state index contributed by atoms with van der Waals surface area (Å²) in [6.07, 6.45) is 7.77. The second-order valence-corrected chi connectivity index (χ2v) is 4.95. The SMILES string of the molecule is C1=C[C@H]2C[C@@H]1C[C@@H]2CN1CCOCC1. The number of hydrogen-bond donors (Lipinski definition) is 0. The Morgan fingerprint density at radius 2 is 2.00 bits per heavy atom. The van der Waals surface area contributed by atoms with Crippen LogP contribution >= 0.6 is 0 Å². The third-order valence-electron chi connectivity index (χ3n) is 4.01. The molecule has 1 saturated heterocycles. The lowest BCUT2D eigenvalue weighted by atomic mass is 9.93. The van der Waals surface area contributed by atoms with Crippen molar-refractivity contribution in [1.82, 2.24) is 4.90 Å². The van der Waals surface area contributed by atoms with Crippen LogP contribution in [0.4, 0.5) is 0 Å². The van der Waals surface area contributed by atoms with Crippen molar-refractivity contribution in [3.05, 3.63) is 12.2 Å². The van der Waals surface area contributed by atoms with E-state index >= 15 is 0 Å². The van der Waals surface area contributed by atoms with Gasteiger partial charge in [0.05, 0.1) is 13.2 Å². The van der Waals surface area contributed by atoms with Crippen LogP contribution in [0, 0.1) is 17.8 Å². The molecule has 1 heterocycles. The van der Waals surface area contributed by atoms with Crippen LogP contribution < -0.4 is 0 Å². The first-order valence-electron chi connectivity index (χ1n) is 5.90. The molecule has 0 amide bonds. The first-order valence-corrected chi connectivity index (χ1v) is 5.90. The van der Waals surface area contributed by atoms with Gasteiger partial charge in [0, 0.05) is 19.6 Å². The molecule has 3 atom stereocenters. The molecule has 2 bridgehead atoms. The first kappa shape index (κ1) is 8.93. The van der Waals surface area contributed by atoms with Gasteiger partial charge in [0.25, 0.3) is 0 Å². The molecule has 1 saturated carbocycles. The van der Waals surface area contributed by atoms with Crippen LogP contribution in [0.1, 0.15) is 12.8 Å². The van der Waals surface area contributed by atoms with Crippen molar-refractivity contribution in [1.29, 1.82) is 0 Å². The maximum Gasteiger partial charge on any atom is 0.0594 e. The monoisotopic (exact) mass is 193 g/mol. The van der Waals surface area contributed by atoms with Gasteiger partial charge in [0.2, 0.25) is 0 Å². The average Bonchev–Trinajstić information content (AvgIpc) is 2.81. The highest BCUT2D eigenvalue weighted by molar-refractivity contribution is 5.10. The maximum absolute atomic E-state index is 5.37. The number of morpholine rings is 1. The van der Waals surface area contributed by atoms with Crippen molar-refractivity contribution in [2.45, 2.75) is 12.8 Å². The quantitative estimate of drug-likeness (QED) is 0.617. The second-order valence-electron chi connectivity index (χ2n) is 4.95. The number of nitrogens with zero attached hydrogens (tertiary/aromatic N) is 1. The number of hydrogen-bond acceptors (Lipinski definition) is 2. The minimum Gasteiger partial charge on any atom is -0.379 e. The molecule has 0 unspecified atom stereocenters. The Morgan fingerprint density at radius 3 is 2.64 bits per heavy atom. The van der Waals surface area contributed by atoms with E-state index in [1.54, 1.807) is 0 Å². The fourth-order valence-corrected chi connectivity index (χ4v) is 3.22. The predicted molar refractivity (Wildman–Crippen MR) is 56.1 cm³/mol. The molecule has 0 aromatic carbocycles. The molecule has 2 nitrogen and oxygen atoms in total. The van der Waals surface area contributed by atoms with Gasteiger partial charge in [-0.1, -0.05) is 12.2 Å². The summed E-state index contributed by atoms with van der Waals surface area (Å²) in [7, 11) is 0. The van der Waals surface area contributed by atoms with Crippen molar-refractivity contribution in [2.75, 3.05) is 32.8 Å². The third-order valence-corrected chi connectivity index (χ3v) is 4.01. The van der Waals surface area contributed by atoms with Gasteiger partial charge in [-0.25, -0.2) is 0 Å². The Bertz CT molecular complexity index is 232. The fourth-order valence-electron chi connectivity index (χ4n) is 3.22. The Hall–Kier alpha value is -0.340. The summed E-state index contributed by atoms with van der Waals surface area (Å²) in [4.78, 5) is 2.59. The zero-order valence-corrected chi connectivity index (χ0v) is 8.69. The normalized spacial score (nSPS) is 42.1. The van der Waals surface area contributed by atoms with E-state index in [-0.39, 0.29) is 0 Å². The molecule has 0 spiro atoms. The summed E-state index contributed by atoms with van der Waals surface area (Å²) in [5, 5.41) is 0. The van der Waals surface area contributed by atoms with Crippen molar-refractivity contribution < 1.29 is 4.74 Å². The van der Waals surface area contributed by atoms with Crippen molar-refractivity contribution in [3.8, 4) is 0 Å². The van der Waals surface area contributed by atoms with Crippen molar-refractivity contribution in [3.63, 3.8) is 0 Å². The summed E-state index contributed by atoms with van der Waals surface area (Å²) in [5.74, 6) is 2.77. The van der Waals surface area contributed by atoms with E-state index in [1.807, 2.05) is 0 Å². The van der Waals surface area contributed by atoms with Gasteiger partial charge in [-0.3, -0.25) is 4.90 Å². The maximum atomic E-state index is 5.37. The van der Waals surface area contributed by atoms with E-state index in [2.05, 4.69) is 17.1 Å². The molecule has 2 heteroatoms. The molecule has 14 heavy (non-hydrogen) atoms. The summed E-state index contributed by atoms with van der Waals surface area (Å²) < 4.78 is 5.37. The second kappa shape index (κ2) is 3.67. The van der Waals surface area contributed by atoms with E-state index < -0.39 is 0 Å². The Morgan fingerprint density at radius 1 is 1.14 bits per heavy atom. The molecule has 3 rings (SSSR count). The highest BCUT2D eigenvalue weighted by Crippen LogP contribution is 2.43. The summed E-state index contributed by atoms with van der Waals surface area (Å²) in [5.41, 5.74) is 0. The van der Waals surface area contributed by atoms with Crippen LogP contribution in [-0.4, -0.2) is 37.7 Å². The molecular formula is C12H19NO.